The third-order valence-corrected chi connectivity index (χ3v) is 5.31. The van der Waals surface area contributed by atoms with E-state index in [0.717, 1.165) is 5.52 Å². The fourth-order valence-corrected chi connectivity index (χ4v) is 3.79. The van der Waals surface area contributed by atoms with Crippen LogP contribution in [0.4, 0.5) is 5.69 Å². The number of rotatable bonds is 3. The number of aromatic amines is 1. The van der Waals surface area contributed by atoms with Crippen LogP contribution < -0.4 is 4.72 Å². The molecule has 2 aromatic carbocycles. The summed E-state index contributed by atoms with van der Waals surface area (Å²) in [6.45, 7) is 0. The Bertz CT molecular complexity index is 1160. The van der Waals surface area contributed by atoms with Crippen LogP contribution in [0.2, 0.25) is 5.15 Å². The van der Waals surface area contributed by atoms with E-state index >= 15 is 0 Å². The van der Waals surface area contributed by atoms with Gasteiger partial charge in [0.15, 0.2) is 5.15 Å². The van der Waals surface area contributed by atoms with E-state index in [-0.39, 0.29) is 4.90 Å². The van der Waals surface area contributed by atoms with Crippen LogP contribution in [0, 0.1) is 0 Å². The maximum absolute atomic E-state index is 12.6. The minimum Gasteiger partial charge on any atom is -0.351 e. The number of halogens is 1. The number of para-hydroxylation sites is 1. The number of benzene rings is 2. The molecule has 0 bridgehead atoms. The van der Waals surface area contributed by atoms with Crippen LogP contribution in [0.15, 0.2) is 59.8 Å². The highest BCUT2D eigenvalue weighted by Crippen LogP contribution is 2.29. The van der Waals surface area contributed by atoms with Crippen LogP contribution in [-0.2, 0) is 10.0 Å². The Labute approximate surface area is 142 Å². The third kappa shape index (κ3) is 2.47. The Hall–Kier alpha value is -2.64. The first kappa shape index (κ1) is 14.9. The maximum atomic E-state index is 12.6. The van der Waals surface area contributed by atoms with Crippen LogP contribution >= 0.6 is 11.6 Å². The Kier molecular flexibility index (Phi) is 3.40. The molecule has 6 nitrogen and oxygen atoms in total. The van der Waals surface area contributed by atoms with Gasteiger partial charge in [-0.1, -0.05) is 29.8 Å². The van der Waals surface area contributed by atoms with Crippen molar-refractivity contribution in [2.75, 3.05) is 4.72 Å². The number of fused-ring (bicyclic) bond motifs is 3. The highest BCUT2D eigenvalue weighted by molar-refractivity contribution is 7.92. The Morgan fingerprint density at radius 3 is 2.62 bits per heavy atom. The first-order valence-electron chi connectivity index (χ1n) is 7.04. The summed E-state index contributed by atoms with van der Waals surface area (Å²) in [5.41, 5.74) is 2.41. The highest BCUT2D eigenvalue weighted by Gasteiger charge is 2.17. The quantitative estimate of drug-likeness (QED) is 0.548. The summed E-state index contributed by atoms with van der Waals surface area (Å²) in [7, 11) is -3.70. The second-order valence-corrected chi connectivity index (χ2v) is 7.23. The first-order valence-corrected chi connectivity index (χ1v) is 8.90. The summed E-state index contributed by atoms with van der Waals surface area (Å²) in [5.74, 6) is 0. The lowest BCUT2D eigenvalue weighted by molar-refractivity contribution is 0.601. The molecule has 0 atom stereocenters. The van der Waals surface area contributed by atoms with Crippen molar-refractivity contribution >= 4 is 49.2 Å². The fourth-order valence-electron chi connectivity index (χ4n) is 2.53. The topological polar surface area (TPSA) is 87.7 Å². The number of hydrogen-bond donors (Lipinski definition) is 2. The lowest BCUT2D eigenvalue weighted by atomic mass is 10.2. The average Bonchev–Trinajstić information content (AvgIpc) is 2.95. The van der Waals surface area contributed by atoms with Gasteiger partial charge in [0.25, 0.3) is 10.0 Å². The van der Waals surface area contributed by atoms with E-state index in [9.17, 15) is 8.42 Å². The summed E-state index contributed by atoms with van der Waals surface area (Å²) in [6.07, 6.45) is 1.35. The molecule has 0 aliphatic heterocycles. The zero-order chi connectivity index (χ0) is 16.7. The third-order valence-electron chi connectivity index (χ3n) is 3.64. The largest absolute Gasteiger partial charge is 0.351 e. The zero-order valence-electron chi connectivity index (χ0n) is 12.2. The standard InChI is InChI=1S/C16H11ClN4O2S/c17-16-15-14(18-9-19-16)12-8-11(6-7-13(12)20-15)24(22,23)21-10-4-2-1-3-5-10/h1-9,20-21H. The van der Waals surface area contributed by atoms with Crippen molar-refractivity contribution in [1.29, 1.82) is 0 Å². The second kappa shape index (κ2) is 5.47. The molecule has 24 heavy (non-hydrogen) atoms. The van der Waals surface area contributed by atoms with Crippen LogP contribution in [0.25, 0.3) is 21.9 Å². The molecule has 4 aromatic rings. The predicted octanol–water partition coefficient (Wildman–Crippen LogP) is 3.57. The predicted molar refractivity (Wildman–Crippen MR) is 93.7 cm³/mol. The molecule has 0 amide bonds. The summed E-state index contributed by atoms with van der Waals surface area (Å²) in [5, 5.41) is 0.966. The van der Waals surface area contributed by atoms with E-state index < -0.39 is 10.0 Å². The van der Waals surface area contributed by atoms with Gasteiger partial charge in [0.2, 0.25) is 0 Å². The van der Waals surface area contributed by atoms with E-state index in [4.69, 9.17) is 11.6 Å². The summed E-state index contributed by atoms with van der Waals surface area (Å²) in [6, 6.07) is 13.5. The van der Waals surface area contributed by atoms with E-state index in [1.54, 1.807) is 36.4 Å². The molecule has 0 aliphatic carbocycles. The van der Waals surface area contributed by atoms with Crippen molar-refractivity contribution in [3.8, 4) is 0 Å². The molecule has 0 spiro atoms. The molecule has 0 fully saturated rings. The molecular formula is C16H11ClN4O2S. The van der Waals surface area contributed by atoms with Crippen molar-refractivity contribution in [2.45, 2.75) is 4.90 Å². The Balaban J connectivity index is 1.85. The number of nitrogens with zero attached hydrogens (tertiary/aromatic N) is 2. The molecular weight excluding hydrogens is 348 g/mol. The van der Waals surface area contributed by atoms with Crippen LogP contribution in [0.5, 0.6) is 0 Å². The zero-order valence-corrected chi connectivity index (χ0v) is 13.8. The average molecular weight is 359 g/mol. The van der Waals surface area contributed by atoms with Gasteiger partial charge in [0.1, 0.15) is 17.4 Å². The lowest BCUT2D eigenvalue weighted by Gasteiger charge is -2.08. The van der Waals surface area contributed by atoms with E-state index in [2.05, 4.69) is 19.7 Å². The van der Waals surface area contributed by atoms with Crippen molar-refractivity contribution in [3.05, 3.63) is 60.0 Å². The Morgan fingerprint density at radius 2 is 1.83 bits per heavy atom. The van der Waals surface area contributed by atoms with Gasteiger partial charge < -0.3 is 4.98 Å². The smallest absolute Gasteiger partial charge is 0.261 e. The number of H-pyrrole nitrogens is 1. The molecule has 2 N–H and O–H groups in total. The van der Waals surface area contributed by atoms with E-state index in [1.807, 2.05) is 6.07 Å². The van der Waals surface area contributed by atoms with Gasteiger partial charge in [-0.3, -0.25) is 4.72 Å². The number of hydrogen-bond acceptors (Lipinski definition) is 4. The van der Waals surface area contributed by atoms with Gasteiger partial charge in [0.05, 0.1) is 4.90 Å². The van der Waals surface area contributed by atoms with Crippen LogP contribution in [0.1, 0.15) is 0 Å². The highest BCUT2D eigenvalue weighted by atomic mass is 35.5. The molecule has 0 radical (unpaired) electrons. The van der Waals surface area contributed by atoms with E-state index in [0.29, 0.717) is 27.3 Å². The molecule has 2 heterocycles. The minimum atomic E-state index is -3.70. The SMILES string of the molecule is O=S(=O)(Nc1ccccc1)c1ccc2[nH]c3c(Cl)ncnc3c2c1. The van der Waals surface area contributed by atoms with Gasteiger partial charge in [-0.25, -0.2) is 18.4 Å². The summed E-state index contributed by atoms with van der Waals surface area (Å²) < 4.78 is 27.7. The van der Waals surface area contributed by atoms with Gasteiger partial charge in [-0.15, -0.1) is 0 Å². The molecule has 0 saturated carbocycles. The fraction of sp³-hybridized carbons (Fsp3) is 0. The molecule has 4 rings (SSSR count). The van der Waals surface area contributed by atoms with Gasteiger partial charge in [-0.05, 0) is 30.3 Å². The number of aromatic nitrogens is 3. The molecule has 0 saturated heterocycles. The second-order valence-electron chi connectivity index (χ2n) is 5.19. The van der Waals surface area contributed by atoms with E-state index in [1.165, 1.54) is 12.4 Å². The monoisotopic (exact) mass is 358 g/mol. The summed E-state index contributed by atoms with van der Waals surface area (Å²) >= 11 is 6.05. The van der Waals surface area contributed by atoms with Crippen molar-refractivity contribution in [3.63, 3.8) is 0 Å². The molecule has 8 heteroatoms. The molecule has 120 valence electrons. The van der Waals surface area contributed by atoms with Gasteiger partial charge in [0, 0.05) is 16.6 Å². The van der Waals surface area contributed by atoms with Crippen molar-refractivity contribution in [2.24, 2.45) is 0 Å². The van der Waals surface area contributed by atoms with Gasteiger partial charge in [-0.2, -0.15) is 0 Å². The number of sulfonamides is 1. The molecule has 2 aromatic heterocycles. The number of nitrogens with one attached hydrogen (secondary N) is 2. The summed E-state index contributed by atoms with van der Waals surface area (Å²) in [4.78, 5) is 11.4. The number of anilines is 1. The van der Waals surface area contributed by atoms with Crippen molar-refractivity contribution in [1.82, 2.24) is 15.0 Å². The van der Waals surface area contributed by atoms with Gasteiger partial charge >= 0.3 is 0 Å². The first-order chi connectivity index (χ1) is 11.5. The lowest BCUT2D eigenvalue weighted by Crippen LogP contribution is -2.12. The molecule has 0 aliphatic rings. The van der Waals surface area contributed by atoms with Crippen molar-refractivity contribution < 1.29 is 8.42 Å². The maximum Gasteiger partial charge on any atom is 0.261 e. The van der Waals surface area contributed by atoms with Crippen LogP contribution in [-0.4, -0.2) is 23.4 Å². The molecule has 0 unspecified atom stereocenters. The minimum absolute atomic E-state index is 0.148. The Morgan fingerprint density at radius 1 is 1.04 bits per heavy atom. The normalized spacial score (nSPS) is 11.9. The van der Waals surface area contributed by atoms with Crippen LogP contribution in [0.3, 0.4) is 0 Å².